The summed E-state index contributed by atoms with van der Waals surface area (Å²) in [5.41, 5.74) is 1.50. The first kappa shape index (κ1) is 12.2. The normalized spacial score (nSPS) is 35.1. The van der Waals surface area contributed by atoms with Crippen LogP contribution in [0.3, 0.4) is 0 Å². The van der Waals surface area contributed by atoms with Crippen LogP contribution in [0.5, 0.6) is 0 Å². The molecule has 3 heteroatoms. The summed E-state index contributed by atoms with van der Waals surface area (Å²) in [6.45, 7) is 1.25. The van der Waals surface area contributed by atoms with Gasteiger partial charge in [0.15, 0.2) is 0 Å². The molecule has 3 aliphatic rings. The SMILES string of the molecule is O=C(C=C1CCC1)N1CCC12CCC(CO)CC2. The molecule has 3 rings (SSSR count). The van der Waals surface area contributed by atoms with Gasteiger partial charge in [-0.1, -0.05) is 5.57 Å². The number of likely N-dealkylation sites (tertiary alicyclic amines) is 1. The molecule has 1 spiro atoms. The van der Waals surface area contributed by atoms with Crippen molar-refractivity contribution < 1.29 is 9.90 Å². The summed E-state index contributed by atoms with van der Waals surface area (Å²) >= 11 is 0. The first-order valence-electron chi connectivity index (χ1n) is 7.35. The number of hydrogen-bond donors (Lipinski definition) is 1. The van der Waals surface area contributed by atoms with Crippen molar-refractivity contribution in [3.8, 4) is 0 Å². The third kappa shape index (κ3) is 1.99. The Morgan fingerprint density at radius 3 is 2.50 bits per heavy atom. The molecule has 100 valence electrons. The lowest BCUT2D eigenvalue weighted by Crippen LogP contribution is -2.63. The van der Waals surface area contributed by atoms with E-state index in [-0.39, 0.29) is 11.4 Å². The molecule has 0 aromatic rings. The van der Waals surface area contributed by atoms with Crippen LogP contribution in [-0.2, 0) is 4.79 Å². The van der Waals surface area contributed by atoms with E-state index in [1.165, 1.54) is 18.4 Å². The number of rotatable bonds is 2. The fourth-order valence-electron chi connectivity index (χ4n) is 3.58. The molecule has 0 unspecified atom stereocenters. The zero-order valence-corrected chi connectivity index (χ0v) is 11.0. The molecule has 0 bridgehead atoms. The third-order valence-corrected chi connectivity index (χ3v) is 5.26. The number of hydrogen-bond acceptors (Lipinski definition) is 2. The molecule has 1 aliphatic heterocycles. The number of amides is 1. The van der Waals surface area contributed by atoms with Crippen LogP contribution in [0.15, 0.2) is 11.6 Å². The number of carbonyl (C=O) groups is 1. The molecule has 0 aromatic carbocycles. The van der Waals surface area contributed by atoms with Crippen LogP contribution in [-0.4, -0.2) is 34.6 Å². The monoisotopic (exact) mass is 249 g/mol. The van der Waals surface area contributed by atoms with Crippen molar-refractivity contribution >= 4 is 5.91 Å². The van der Waals surface area contributed by atoms with E-state index in [1.807, 2.05) is 6.08 Å². The van der Waals surface area contributed by atoms with Gasteiger partial charge >= 0.3 is 0 Å². The van der Waals surface area contributed by atoms with E-state index >= 15 is 0 Å². The summed E-state index contributed by atoms with van der Waals surface area (Å²) < 4.78 is 0. The average molecular weight is 249 g/mol. The minimum absolute atomic E-state index is 0.156. The van der Waals surface area contributed by atoms with Crippen LogP contribution in [0.25, 0.3) is 0 Å². The second-order valence-corrected chi connectivity index (χ2v) is 6.25. The molecule has 2 saturated carbocycles. The Morgan fingerprint density at radius 1 is 1.33 bits per heavy atom. The second kappa shape index (κ2) is 4.69. The Kier molecular flexibility index (Phi) is 3.18. The number of carbonyl (C=O) groups excluding carboxylic acids is 1. The summed E-state index contributed by atoms with van der Waals surface area (Å²) in [7, 11) is 0. The topological polar surface area (TPSA) is 40.5 Å². The highest BCUT2D eigenvalue weighted by atomic mass is 16.3. The van der Waals surface area contributed by atoms with Gasteiger partial charge < -0.3 is 10.0 Å². The van der Waals surface area contributed by atoms with Crippen molar-refractivity contribution in [3.05, 3.63) is 11.6 Å². The lowest BCUT2D eigenvalue weighted by molar-refractivity contribution is -0.146. The predicted octanol–water partition coefficient (Wildman–Crippen LogP) is 2.25. The quantitative estimate of drug-likeness (QED) is 0.763. The van der Waals surface area contributed by atoms with Gasteiger partial charge in [-0.2, -0.15) is 0 Å². The lowest BCUT2D eigenvalue weighted by Gasteiger charge is -2.55. The van der Waals surface area contributed by atoms with Crippen LogP contribution in [0.2, 0.25) is 0 Å². The van der Waals surface area contributed by atoms with Crippen LogP contribution in [0, 0.1) is 5.92 Å². The molecule has 3 nitrogen and oxygen atoms in total. The molecule has 3 fully saturated rings. The number of aliphatic hydroxyl groups is 1. The Bertz CT molecular complexity index is 361. The Hall–Kier alpha value is -0.830. The standard InChI is InChI=1S/C15H23NO2/c17-11-13-4-6-15(7-5-13)8-9-16(15)14(18)10-12-2-1-3-12/h10,13,17H,1-9,11H2. The van der Waals surface area contributed by atoms with E-state index in [4.69, 9.17) is 0 Å². The van der Waals surface area contributed by atoms with Crippen LogP contribution < -0.4 is 0 Å². The van der Waals surface area contributed by atoms with E-state index in [9.17, 15) is 9.90 Å². The van der Waals surface area contributed by atoms with Crippen molar-refractivity contribution in [2.45, 2.75) is 56.9 Å². The maximum absolute atomic E-state index is 12.3. The maximum atomic E-state index is 12.3. The summed E-state index contributed by atoms with van der Waals surface area (Å²) in [5.74, 6) is 0.719. The number of nitrogens with zero attached hydrogens (tertiary/aromatic N) is 1. The fourth-order valence-corrected chi connectivity index (χ4v) is 3.58. The summed E-state index contributed by atoms with van der Waals surface area (Å²) in [6.07, 6.45) is 10.9. The fraction of sp³-hybridized carbons (Fsp3) is 0.800. The van der Waals surface area contributed by atoms with Gasteiger partial charge in [-0.05, 0) is 57.3 Å². The summed E-state index contributed by atoms with van der Waals surface area (Å²) in [5, 5.41) is 9.20. The number of allylic oxidation sites excluding steroid dienone is 1. The van der Waals surface area contributed by atoms with E-state index in [0.717, 1.165) is 45.1 Å². The van der Waals surface area contributed by atoms with Gasteiger partial charge in [0.2, 0.25) is 5.91 Å². The lowest BCUT2D eigenvalue weighted by atomic mass is 9.69. The molecule has 1 amide bonds. The third-order valence-electron chi connectivity index (χ3n) is 5.26. The van der Waals surface area contributed by atoms with Crippen molar-refractivity contribution in [2.24, 2.45) is 5.92 Å². The molecule has 0 atom stereocenters. The minimum atomic E-state index is 0.156. The van der Waals surface area contributed by atoms with E-state index < -0.39 is 0 Å². The zero-order valence-electron chi connectivity index (χ0n) is 11.0. The molecule has 18 heavy (non-hydrogen) atoms. The van der Waals surface area contributed by atoms with E-state index in [2.05, 4.69) is 4.90 Å². The van der Waals surface area contributed by atoms with Gasteiger partial charge in [-0.25, -0.2) is 0 Å². The summed E-state index contributed by atoms with van der Waals surface area (Å²) in [6, 6.07) is 0. The predicted molar refractivity (Wildman–Crippen MR) is 70.0 cm³/mol. The molecular formula is C15H23NO2. The van der Waals surface area contributed by atoms with Gasteiger partial charge in [0.05, 0.1) is 0 Å². The second-order valence-electron chi connectivity index (χ2n) is 6.25. The molecule has 1 N–H and O–H groups in total. The van der Waals surface area contributed by atoms with E-state index in [1.54, 1.807) is 0 Å². The molecule has 0 radical (unpaired) electrons. The molecular weight excluding hydrogens is 226 g/mol. The Labute approximate surface area is 109 Å². The van der Waals surface area contributed by atoms with Crippen molar-refractivity contribution in [2.75, 3.05) is 13.2 Å². The van der Waals surface area contributed by atoms with Crippen molar-refractivity contribution in [3.63, 3.8) is 0 Å². The van der Waals surface area contributed by atoms with Crippen molar-refractivity contribution in [1.82, 2.24) is 4.90 Å². The smallest absolute Gasteiger partial charge is 0.246 e. The Balaban J connectivity index is 1.62. The summed E-state index contributed by atoms with van der Waals surface area (Å²) in [4.78, 5) is 14.4. The molecule has 2 aliphatic carbocycles. The van der Waals surface area contributed by atoms with Crippen LogP contribution >= 0.6 is 0 Å². The maximum Gasteiger partial charge on any atom is 0.246 e. The molecule has 0 aromatic heterocycles. The van der Waals surface area contributed by atoms with Gasteiger partial charge in [0, 0.05) is 24.8 Å². The first-order chi connectivity index (χ1) is 8.73. The first-order valence-corrected chi connectivity index (χ1v) is 7.35. The Morgan fingerprint density at radius 2 is 2.06 bits per heavy atom. The zero-order chi connectivity index (χ0) is 12.6. The van der Waals surface area contributed by atoms with Gasteiger partial charge in [0.1, 0.15) is 0 Å². The molecule has 1 heterocycles. The number of aliphatic hydroxyl groups excluding tert-OH is 1. The highest BCUT2D eigenvalue weighted by molar-refractivity contribution is 5.89. The van der Waals surface area contributed by atoms with Crippen LogP contribution in [0.1, 0.15) is 51.4 Å². The average Bonchev–Trinajstić information content (AvgIpc) is 2.33. The highest BCUT2D eigenvalue weighted by Gasteiger charge is 2.48. The van der Waals surface area contributed by atoms with Gasteiger partial charge in [-0.15, -0.1) is 0 Å². The van der Waals surface area contributed by atoms with Crippen molar-refractivity contribution in [1.29, 1.82) is 0 Å². The molecule has 1 saturated heterocycles. The minimum Gasteiger partial charge on any atom is -0.396 e. The largest absolute Gasteiger partial charge is 0.396 e. The van der Waals surface area contributed by atoms with E-state index in [0.29, 0.717) is 12.5 Å². The highest BCUT2D eigenvalue weighted by Crippen LogP contribution is 2.45. The van der Waals surface area contributed by atoms with Crippen LogP contribution in [0.4, 0.5) is 0 Å². The van der Waals surface area contributed by atoms with Gasteiger partial charge in [-0.3, -0.25) is 4.79 Å². The van der Waals surface area contributed by atoms with Gasteiger partial charge in [0.25, 0.3) is 0 Å².